The molecule has 1 aliphatic rings. The molecule has 0 aliphatic carbocycles. The lowest BCUT2D eigenvalue weighted by Crippen LogP contribution is -2.26. The van der Waals surface area contributed by atoms with Crippen molar-refractivity contribution in [1.82, 2.24) is 0 Å². The molecule has 1 saturated heterocycles. The van der Waals surface area contributed by atoms with Gasteiger partial charge in [0, 0.05) is 13.2 Å². The lowest BCUT2D eigenvalue weighted by atomic mass is 9.93. The molecule has 0 aromatic carbocycles. The molecule has 0 aromatic heterocycles. The number of hydrogen-bond donors (Lipinski definition) is 1. The van der Waals surface area contributed by atoms with Crippen molar-refractivity contribution >= 4 is 0 Å². The highest BCUT2D eigenvalue weighted by Gasteiger charge is 2.19. The van der Waals surface area contributed by atoms with Crippen LogP contribution in [0.1, 0.15) is 39.0 Å². The Morgan fingerprint density at radius 1 is 1.50 bits per heavy atom. The molecule has 0 aromatic rings. The molecule has 2 atom stereocenters. The van der Waals surface area contributed by atoms with Crippen molar-refractivity contribution in [2.75, 3.05) is 13.2 Å². The Kier molecular flexibility index (Phi) is 4.62. The zero-order chi connectivity index (χ0) is 8.81. The van der Waals surface area contributed by atoms with Crippen molar-refractivity contribution in [3.05, 3.63) is 0 Å². The fraction of sp³-hybridized carbons (Fsp3) is 1.00. The highest BCUT2D eigenvalue weighted by atomic mass is 16.5. The number of ether oxygens (including phenoxy) is 1. The van der Waals surface area contributed by atoms with Crippen molar-refractivity contribution in [3.8, 4) is 0 Å². The molecule has 0 bridgehead atoms. The average molecular weight is 172 g/mol. The Labute approximate surface area is 74.9 Å². The van der Waals surface area contributed by atoms with Crippen LogP contribution >= 0.6 is 0 Å². The zero-order valence-corrected chi connectivity index (χ0v) is 7.96. The molecular formula is C10H20O2. The molecule has 0 spiro atoms. The van der Waals surface area contributed by atoms with E-state index in [9.17, 15) is 0 Å². The standard InChI is InChI=1S/C10H20O2/c1-9(5-4-7-11)10-6-2-3-8-12-10/h9-11H,2-8H2,1H3. The topological polar surface area (TPSA) is 29.5 Å². The molecule has 12 heavy (non-hydrogen) atoms. The van der Waals surface area contributed by atoms with Gasteiger partial charge in [0.05, 0.1) is 6.10 Å². The van der Waals surface area contributed by atoms with E-state index in [1.54, 1.807) is 0 Å². The third-order valence-electron chi connectivity index (χ3n) is 2.67. The number of aliphatic hydroxyl groups is 1. The lowest BCUT2D eigenvalue weighted by Gasteiger charge is -2.27. The van der Waals surface area contributed by atoms with E-state index in [0.717, 1.165) is 19.4 Å². The summed E-state index contributed by atoms with van der Waals surface area (Å²) in [7, 11) is 0. The van der Waals surface area contributed by atoms with Crippen LogP contribution in [0.2, 0.25) is 0 Å². The first-order chi connectivity index (χ1) is 5.84. The first-order valence-corrected chi connectivity index (χ1v) is 5.07. The summed E-state index contributed by atoms with van der Waals surface area (Å²) >= 11 is 0. The van der Waals surface area contributed by atoms with E-state index in [4.69, 9.17) is 9.84 Å². The highest BCUT2D eigenvalue weighted by Crippen LogP contribution is 2.22. The van der Waals surface area contributed by atoms with Gasteiger partial charge in [-0.25, -0.2) is 0 Å². The molecule has 0 amide bonds. The van der Waals surface area contributed by atoms with Crippen LogP contribution in [0.3, 0.4) is 0 Å². The summed E-state index contributed by atoms with van der Waals surface area (Å²) in [6.45, 7) is 3.48. The van der Waals surface area contributed by atoms with Crippen LogP contribution in [0, 0.1) is 5.92 Å². The quantitative estimate of drug-likeness (QED) is 0.702. The predicted molar refractivity (Wildman–Crippen MR) is 49.1 cm³/mol. The van der Waals surface area contributed by atoms with E-state index >= 15 is 0 Å². The molecule has 2 heteroatoms. The summed E-state index contributed by atoms with van der Waals surface area (Å²) in [6.07, 6.45) is 6.23. The van der Waals surface area contributed by atoms with Gasteiger partial charge in [0.1, 0.15) is 0 Å². The smallest absolute Gasteiger partial charge is 0.0600 e. The van der Waals surface area contributed by atoms with Gasteiger partial charge in [0.2, 0.25) is 0 Å². The maximum absolute atomic E-state index is 8.67. The second-order valence-electron chi connectivity index (χ2n) is 3.75. The van der Waals surface area contributed by atoms with Crippen molar-refractivity contribution in [2.45, 2.75) is 45.1 Å². The summed E-state index contributed by atoms with van der Waals surface area (Å²) in [6, 6.07) is 0. The number of rotatable bonds is 4. The van der Waals surface area contributed by atoms with Gasteiger partial charge >= 0.3 is 0 Å². The molecule has 0 saturated carbocycles. The summed E-state index contributed by atoms with van der Waals surface area (Å²) in [5.74, 6) is 0.623. The maximum atomic E-state index is 8.67. The van der Waals surface area contributed by atoms with Gasteiger partial charge in [-0.2, -0.15) is 0 Å². The van der Waals surface area contributed by atoms with Gasteiger partial charge in [0.15, 0.2) is 0 Å². The van der Waals surface area contributed by atoms with Gasteiger partial charge in [0.25, 0.3) is 0 Å². The zero-order valence-electron chi connectivity index (χ0n) is 7.96. The summed E-state index contributed by atoms with van der Waals surface area (Å²) in [5, 5.41) is 8.67. The molecular weight excluding hydrogens is 152 g/mol. The third-order valence-corrected chi connectivity index (χ3v) is 2.67. The molecule has 2 unspecified atom stereocenters. The van der Waals surface area contributed by atoms with E-state index in [0.29, 0.717) is 18.6 Å². The molecule has 1 heterocycles. The normalized spacial score (nSPS) is 27.0. The fourth-order valence-corrected chi connectivity index (χ4v) is 1.81. The minimum Gasteiger partial charge on any atom is -0.396 e. The molecule has 1 rings (SSSR count). The van der Waals surface area contributed by atoms with E-state index in [1.807, 2.05) is 0 Å². The molecule has 72 valence electrons. The average Bonchev–Trinajstić information content (AvgIpc) is 2.15. The summed E-state index contributed by atoms with van der Waals surface area (Å²) in [5.41, 5.74) is 0. The lowest BCUT2D eigenvalue weighted by molar-refractivity contribution is -0.0194. The maximum Gasteiger partial charge on any atom is 0.0600 e. The van der Waals surface area contributed by atoms with Crippen molar-refractivity contribution in [3.63, 3.8) is 0 Å². The van der Waals surface area contributed by atoms with Gasteiger partial charge in [-0.1, -0.05) is 6.92 Å². The van der Waals surface area contributed by atoms with E-state index < -0.39 is 0 Å². The Bertz CT molecular complexity index is 108. The Balaban J connectivity index is 2.15. The first-order valence-electron chi connectivity index (χ1n) is 5.07. The minimum atomic E-state index is 0.317. The van der Waals surface area contributed by atoms with Crippen LogP contribution in [0.5, 0.6) is 0 Å². The molecule has 1 N–H and O–H groups in total. The van der Waals surface area contributed by atoms with Crippen molar-refractivity contribution in [2.24, 2.45) is 5.92 Å². The second-order valence-corrected chi connectivity index (χ2v) is 3.75. The summed E-state index contributed by atoms with van der Waals surface area (Å²) in [4.78, 5) is 0. The second kappa shape index (κ2) is 5.55. The van der Waals surface area contributed by atoms with Gasteiger partial charge in [-0.05, 0) is 38.0 Å². The van der Waals surface area contributed by atoms with Crippen molar-refractivity contribution in [1.29, 1.82) is 0 Å². The molecule has 1 aliphatic heterocycles. The van der Waals surface area contributed by atoms with Crippen LogP contribution in [0.15, 0.2) is 0 Å². The molecule has 2 nitrogen and oxygen atoms in total. The SMILES string of the molecule is CC(CCCO)C1CCCCO1. The largest absolute Gasteiger partial charge is 0.396 e. The molecule has 0 radical (unpaired) electrons. The minimum absolute atomic E-state index is 0.317. The number of hydrogen-bond acceptors (Lipinski definition) is 2. The monoisotopic (exact) mass is 172 g/mol. The van der Waals surface area contributed by atoms with Crippen molar-refractivity contribution < 1.29 is 9.84 Å². The fourth-order valence-electron chi connectivity index (χ4n) is 1.81. The Morgan fingerprint density at radius 2 is 2.33 bits per heavy atom. The van der Waals surface area contributed by atoms with E-state index in [-0.39, 0.29) is 0 Å². The molecule has 1 fully saturated rings. The Hall–Kier alpha value is -0.0800. The number of aliphatic hydroxyl groups excluding tert-OH is 1. The third kappa shape index (κ3) is 3.11. The first kappa shape index (κ1) is 10.0. The van der Waals surface area contributed by atoms with Crippen LogP contribution in [0.25, 0.3) is 0 Å². The summed E-state index contributed by atoms with van der Waals surface area (Å²) < 4.78 is 5.66. The predicted octanol–water partition coefficient (Wildman–Crippen LogP) is 1.96. The van der Waals surface area contributed by atoms with Gasteiger partial charge in [-0.15, -0.1) is 0 Å². The van der Waals surface area contributed by atoms with Gasteiger partial charge < -0.3 is 9.84 Å². The Morgan fingerprint density at radius 3 is 2.92 bits per heavy atom. The van der Waals surface area contributed by atoms with Gasteiger partial charge in [-0.3, -0.25) is 0 Å². The van der Waals surface area contributed by atoms with Crippen LogP contribution < -0.4 is 0 Å². The van der Waals surface area contributed by atoms with E-state index in [2.05, 4.69) is 6.92 Å². The van der Waals surface area contributed by atoms with E-state index in [1.165, 1.54) is 19.3 Å². The highest BCUT2D eigenvalue weighted by molar-refractivity contribution is 4.69. The van der Waals surface area contributed by atoms with Crippen LogP contribution in [-0.4, -0.2) is 24.4 Å². The van der Waals surface area contributed by atoms with Crippen LogP contribution in [-0.2, 0) is 4.74 Å². The van der Waals surface area contributed by atoms with Crippen LogP contribution in [0.4, 0.5) is 0 Å².